The summed E-state index contributed by atoms with van der Waals surface area (Å²) in [6, 6.07) is 14.6. The molecule has 7 nitrogen and oxygen atoms in total. The quantitative estimate of drug-likeness (QED) is 0.410. The summed E-state index contributed by atoms with van der Waals surface area (Å²) in [6.07, 6.45) is -1.14. The first-order valence-corrected chi connectivity index (χ1v) is 13.7. The third kappa shape index (κ3) is 7.44. The highest BCUT2D eigenvalue weighted by Gasteiger charge is 2.31. The molecule has 2 N–H and O–H groups in total. The second-order valence-electron chi connectivity index (χ2n) is 10.1. The van der Waals surface area contributed by atoms with Crippen LogP contribution >= 0.6 is 11.6 Å². The number of piperidine rings is 1. The molecule has 40 heavy (non-hydrogen) atoms. The fraction of sp³-hybridized carbons (Fsp3) is 0.379. The summed E-state index contributed by atoms with van der Waals surface area (Å²) in [5, 5.41) is 6.87. The standard InChI is InChI=1S/C29H31ClF3N5O2/c30-26-7-4-22(17-25(26)21-2-5-24(6-3-21)40-29(31,32)33)28(39)36-23-9-13-37(14-10-23)19-20-1-8-27(35-18-20)38-15-11-34-12-16-38/h1-8,17-18,23,34H,9-16,19H2,(H,36,39). The van der Waals surface area contributed by atoms with Crippen LogP contribution in [0.1, 0.15) is 28.8 Å². The zero-order chi connectivity index (χ0) is 28.1. The van der Waals surface area contributed by atoms with Gasteiger partial charge in [-0.25, -0.2) is 4.98 Å². The van der Waals surface area contributed by atoms with Gasteiger partial charge < -0.3 is 20.3 Å². The maximum Gasteiger partial charge on any atom is 0.573 e. The van der Waals surface area contributed by atoms with Gasteiger partial charge in [0.15, 0.2) is 0 Å². The summed E-state index contributed by atoms with van der Waals surface area (Å²) in [4.78, 5) is 22.4. The molecule has 1 amide bonds. The highest BCUT2D eigenvalue weighted by Crippen LogP contribution is 2.31. The Labute approximate surface area is 236 Å². The normalized spacial score (nSPS) is 17.1. The van der Waals surface area contributed by atoms with E-state index in [1.165, 1.54) is 29.8 Å². The van der Waals surface area contributed by atoms with Crippen LogP contribution in [0.25, 0.3) is 11.1 Å². The average Bonchev–Trinajstić information content (AvgIpc) is 2.95. The van der Waals surface area contributed by atoms with Gasteiger partial charge in [-0.2, -0.15) is 0 Å². The second-order valence-corrected chi connectivity index (χ2v) is 10.5. The largest absolute Gasteiger partial charge is 0.573 e. The van der Waals surface area contributed by atoms with Gasteiger partial charge in [0.25, 0.3) is 5.91 Å². The van der Waals surface area contributed by atoms with E-state index < -0.39 is 6.36 Å². The number of amides is 1. The summed E-state index contributed by atoms with van der Waals surface area (Å²) < 4.78 is 41.3. The Morgan fingerprint density at radius 3 is 2.40 bits per heavy atom. The van der Waals surface area contributed by atoms with Crippen molar-refractivity contribution in [1.29, 1.82) is 0 Å². The summed E-state index contributed by atoms with van der Waals surface area (Å²) in [6.45, 7) is 6.44. The maximum atomic E-state index is 13.0. The van der Waals surface area contributed by atoms with Crippen LogP contribution in [0.2, 0.25) is 5.02 Å². The van der Waals surface area contributed by atoms with E-state index in [0.717, 1.165) is 64.5 Å². The Morgan fingerprint density at radius 1 is 1.02 bits per heavy atom. The molecule has 2 fully saturated rings. The Morgan fingerprint density at radius 2 is 1.75 bits per heavy atom. The van der Waals surface area contributed by atoms with Crippen LogP contribution in [0.5, 0.6) is 5.75 Å². The number of nitrogens with zero attached hydrogens (tertiary/aromatic N) is 3. The van der Waals surface area contributed by atoms with Crippen LogP contribution in [0.15, 0.2) is 60.8 Å². The number of piperazine rings is 1. The Bertz CT molecular complexity index is 1290. The lowest BCUT2D eigenvalue weighted by Crippen LogP contribution is -2.44. The molecule has 0 aliphatic carbocycles. The zero-order valence-electron chi connectivity index (χ0n) is 21.9. The molecule has 212 valence electrons. The van der Waals surface area contributed by atoms with Gasteiger partial charge in [-0.1, -0.05) is 29.8 Å². The van der Waals surface area contributed by atoms with Crippen LogP contribution in [-0.2, 0) is 6.54 Å². The van der Waals surface area contributed by atoms with Gasteiger partial charge >= 0.3 is 6.36 Å². The number of carbonyl (C=O) groups excluding carboxylic acids is 1. The second kappa shape index (κ2) is 12.4. The van der Waals surface area contributed by atoms with E-state index in [1.54, 1.807) is 18.2 Å². The van der Waals surface area contributed by atoms with E-state index in [4.69, 9.17) is 11.6 Å². The van der Waals surface area contributed by atoms with E-state index >= 15 is 0 Å². The number of nitrogens with one attached hydrogen (secondary N) is 2. The van der Waals surface area contributed by atoms with Crippen molar-refractivity contribution in [1.82, 2.24) is 20.5 Å². The number of hydrogen-bond acceptors (Lipinski definition) is 6. The molecule has 5 rings (SSSR count). The first kappa shape index (κ1) is 28.2. The van der Waals surface area contributed by atoms with Gasteiger partial charge in [0, 0.05) is 74.2 Å². The molecule has 0 spiro atoms. The Hall–Kier alpha value is -3.34. The number of benzene rings is 2. The van der Waals surface area contributed by atoms with Crippen LogP contribution in [0.4, 0.5) is 19.0 Å². The van der Waals surface area contributed by atoms with E-state index in [-0.39, 0.29) is 17.7 Å². The van der Waals surface area contributed by atoms with Crippen molar-refractivity contribution in [3.8, 4) is 16.9 Å². The van der Waals surface area contributed by atoms with Gasteiger partial charge in [-0.3, -0.25) is 9.69 Å². The molecule has 0 atom stereocenters. The molecule has 3 aromatic rings. The highest BCUT2D eigenvalue weighted by molar-refractivity contribution is 6.33. The lowest BCUT2D eigenvalue weighted by Gasteiger charge is -2.32. The lowest BCUT2D eigenvalue weighted by molar-refractivity contribution is -0.274. The highest BCUT2D eigenvalue weighted by atomic mass is 35.5. The number of ether oxygens (including phenoxy) is 1. The lowest BCUT2D eigenvalue weighted by atomic mass is 10.0. The van der Waals surface area contributed by atoms with Gasteiger partial charge in [-0.05, 0) is 60.4 Å². The van der Waals surface area contributed by atoms with E-state index in [2.05, 4.69) is 42.3 Å². The minimum Gasteiger partial charge on any atom is -0.406 e. The number of anilines is 1. The number of halogens is 4. The molecule has 0 saturated carbocycles. The van der Waals surface area contributed by atoms with E-state index in [9.17, 15) is 18.0 Å². The smallest absolute Gasteiger partial charge is 0.406 e. The molecule has 0 bridgehead atoms. The van der Waals surface area contributed by atoms with E-state index in [0.29, 0.717) is 21.7 Å². The van der Waals surface area contributed by atoms with Crippen molar-refractivity contribution in [3.63, 3.8) is 0 Å². The predicted molar refractivity (Wildman–Crippen MR) is 149 cm³/mol. The summed E-state index contributed by atoms with van der Waals surface area (Å²) >= 11 is 6.35. The number of aromatic nitrogens is 1. The molecule has 1 aromatic heterocycles. The Balaban J connectivity index is 1.13. The number of likely N-dealkylation sites (tertiary alicyclic amines) is 1. The summed E-state index contributed by atoms with van der Waals surface area (Å²) in [5.41, 5.74) is 2.75. The molecule has 2 aromatic carbocycles. The minimum atomic E-state index is -4.76. The van der Waals surface area contributed by atoms with Gasteiger partial charge in [0.1, 0.15) is 11.6 Å². The van der Waals surface area contributed by atoms with Crippen molar-refractivity contribution in [3.05, 3.63) is 76.9 Å². The third-order valence-electron chi connectivity index (χ3n) is 7.21. The van der Waals surface area contributed by atoms with Gasteiger partial charge in [-0.15, -0.1) is 13.2 Å². The van der Waals surface area contributed by atoms with Gasteiger partial charge in [0.2, 0.25) is 0 Å². The average molecular weight is 574 g/mol. The van der Waals surface area contributed by atoms with Crippen molar-refractivity contribution < 1.29 is 22.7 Å². The molecule has 2 aliphatic heterocycles. The summed E-state index contributed by atoms with van der Waals surface area (Å²) in [5.74, 6) is 0.488. The first-order valence-electron chi connectivity index (χ1n) is 13.3. The van der Waals surface area contributed by atoms with Crippen molar-refractivity contribution in [2.24, 2.45) is 0 Å². The van der Waals surface area contributed by atoms with Crippen LogP contribution in [-0.4, -0.2) is 67.5 Å². The van der Waals surface area contributed by atoms with E-state index in [1.807, 2.05) is 6.20 Å². The van der Waals surface area contributed by atoms with Crippen LogP contribution in [0, 0.1) is 0 Å². The van der Waals surface area contributed by atoms with Crippen molar-refractivity contribution in [2.75, 3.05) is 44.2 Å². The SMILES string of the molecule is O=C(NC1CCN(Cc2ccc(N3CCNCC3)nc2)CC1)c1ccc(Cl)c(-c2ccc(OC(F)(F)F)cc2)c1. The zero-order valence-corrected chi connectivity index (χ0v) is 22.6. The number of hydrogen-bond donors (Lipinski definition) is 2. The number of alkyl halides is 3. The molecule has 2 saturated heterocycles. The molecule has 2 aliphatic rings. The molecular formula is C29H31ClF3N5O2. The molecule has 11 heteroatoms. The predicted octanol–water partition coefficient (Wildman–Crippen LogP) is 5.10. The fourth-order valence-corrected chi connectivity index (χ4v) is 5.30. The fourth-order valence-electron chi connectivity index (χ4n) is 5.08. The summed E-state index contributed by atoms with van der Waals surface area (Å²) in [7, 11) is 0. The number of carbonyl (C=O) groups is 1. The molecule has 3 heterocycles. The number of rotatable bonds is 7. The minimum absolute atomic E-state index is 0.0508. The van der Waals surface area contributed by atoms with Crippen LogP contribution < -0.4 is 20.3 Å². The monoisotopic (exact) mass is 573 g/mol. The van der Waals surface area contributed by atoms with Crippen molar-refractivity contribution >= 4 is 23.3 Å². The topological polar surface area (TPSA) is 69.7 Å². The van der Waals surface area contributed by atoms with Gasteiger partial charge in [0.05, 0.1) is 0 Å². The molecular weight excluding hydrogens is 543 g/mol. The third-order valence-corrected chi connectivity index (χ3v) is 7.54. The molecule has 0 unspecified atom stereocenters. The Kier molecular flexibility index (Phi) is 8.78. The number of pyridine rings is 1. The first-order chi connectivity index (χ1) is 19.2. The van der Waals surface area contributed by atoms with Crippen LogP contribution in [0.3, 0.4) is 0 Å². The maximum absolute atomic E-state index is 13.0. The van der Waals surface area contributed by atoms with Crippen molar-refractivity contribution in [2.45, 2.75) is 31.8 Å². The molecule has 0 radical (unpaired) electrons.